The molecule has 0 aliphatic carbocycles. The maximum Gasteiger partial charge on any atom is 0.300 e. The van der Waals surface area contributed by atoms with E-state index >= 15 is 0 Å². The maximum atomic E-state index is 13.1. The third-order valence-corrected chi connectivity index (χ3v) is 5.48. The highest BCUT2D eigenvalue weighted by molar-refractivity contribution is 6.52. The number of hydrogen-bond donors (Lipinski definition) is 1. The number of nitrogens with zero attached hydrogens (tertiary/aromatic N) is 2. The van der Waals surface area contributed by atoms with Crippen LogP contribution in [0.2, 0.25) is 5.02 Å². The normalized spacial score (nSPS) is 17.8. The van der Waals surface area contributed by atoms with Crippen LogP contribution in [0.1, 0.15) is 22.9 Å². The Morgan fingerprint density at radius 2 is 1.84 bits per heavy atom. The first-order valence-corrected chi connectivity index (χ1v) is 9.92. The highest BCUT2D eigenvalue weighted by Gasteiger charge is 2.47. The SMILES string of the molecule is COc1ccc(Cl)c(/C(O)=C2\C(=O)C(=O)N(c3ccc(C)cc3)C2c2ccccn2)c1. The van der Waals surface area contributed by atoms with Crippen molar-refractivity contribution in [1.82, 2.24) is 4.98 Å². The molecule has 0 spiro atoms. The summed E-state index contributed by atoms with van der Waals surface area (Å²) in [5.41, 5.74) is 2.10. The predicted octanol–water partition coefficient (Wildman–Crippen LogP) is 4.68. The van der Waals surface area contributed by atoms with E-state index in [0.717, 1.165) is 5.56 Å². The van der Waals surface area contributed by atoms with E-state index in [1.54, 1.807) is 48.7 Å². The number of ketones is 1. The molecule has 2 aromatic carbocycles. The Labute approximate surface area is 184 Å². The van der Waals surface area contributed by atoms with Gasteiger partial charge in [0.05, 0.1) is 23.4 Å². The molecule has 1 fully saturated rings. The number of aromatic nitrogens is 1. The largest absolute Gasteiger partial charge is 0.507 e. The van der Waals surface area contributed by atoms with Gasteiger partial charge in [-0.2, -0.15) is 0 Å². The number of rotatable bonds is 4. The molecule has 3 aromatic rings. The Morgan fingerprint density at radius 1 is 1.10 bits per heavy atom. The van der Waals surface area contributed by atoms with E-state index in [-0.39, 0.29) is 21.9 Å². The standard InChI is InChI=1S/C24H19ClN2O4/c1-14-6-8-15(9-7-14)27-21(19-5-3-4-12-26-19)20(23(29)24(27)30)22(28)17-13-16(31-2)10-11-18(17)25/h3-13,21,28H,1-2H3/b22-20+. The summed E-state index contributed by atoms with van der Waals surface area (Å²) < 4.78 is 5.22. The average Bonchev–Trinajstić information content (AvgIpc) is 3.05. The number of hydrogen-bond acceptors (Lipinski definition) is 5. The Bertz CT molecular complexity index is 1190. The lowest BCUT2D eigenvalue weighted by atomic mass is 9.98. The fourth-order valence-electron chi connectivity index (χ4n) is 3.58. The highest BCUT2D eigenvalue weighted by atomic mass is 35.5. The second-order valence-corrected chi connectivity index (χ2v) is 7.51. The molecule has 1 saturated heterocycles. The molecule has 0 saturated carbocycles. The van der Waals surface area contributed by atoms with E-state index in [4.69, 9.17) is 16.3 Å². The van der Waals surface area contributed by atoms with Gasteiger partial charge in [0, 0.05) is 17.4 Å². The lowest BCUT2D eigenvalue weighted by Crippen LogP contribution is -2.29. The van der Waals surface area contributed by atoms with Crippen LogP contribution in [0.5, 0.6) is 5.75 Å². The summed E-state index contributed by atoms with van der Waals surface area (Å²) in [6, 6.07) is 16.2. The van der Waals surface area contributed by atoms with Gasteiger partial charge in [0.2, 0.25) is 0 Å². The molecular weight excluding hydrogens is 416 g/mol. The van der Waals surface area contributed by atoms with Gasteiger partial charge in [-0.25, -0.2) is 0 Å². The Balaban J connectivity index is 1.96. The highest BCUT2D eigenvalue weighted by Crippen LogP contribution is 2.42. The van der Waals surface area contributed by atoms with E-state index in [2.05, 4.69) is 4.98 Å². The molecule has 156 valence electrons. The smallest absolute Gasteiger partial charge is 0.300 e. The molecule has 31 heavy (non-hydrogen) atoms. The molecule has 1 amide bonds. The number of aliphatic hydroxyl groups is 1. The van der Waals surface area contributed by atoms with Crippen molar-refractivity contribution in [2.45, 2.75) is 13.0 Å². The van der Waals surface area contributed by atoms with Crippen LogP contribution in [0.3, 0.4) is 0 Å². The van der Waals surface area contributed by atoms with E-state index < -0.39 is 17.7 Å². The first-order chi connectivity index (χ1) is 14.9. The fourth-order valence-corrected chi connectivity index (χ4v) is 3.79. The third kappa shape index (κ3) is 3.66. The number of anilines is 1. The Hall–Kier alpha value is -3.64. The molecular formula is C24H19ClN2O4. The number of Topliss-reactive ketones (excluding diaryl/α,β-unsaturated/α-hetero) is 1. The summed E-state index contributed by atoms with van der Waals surface area (Å²) >= 11 is 6.30. The predicted molar refractivity (Wildman–Crippen MR) is 118 cm³/mol. The summed E-state index contributed by atoms with van der Waals surface area (Å²) in [5, 5.41) is 11.4. The summed E-state index contributed by atoms with van der Waals surface area (Å²) in [5.74, 6) is -1.49. The van der Waals surface area contributed by atoms with Crippen LogP contribution >= 0.6 is 11.6 Å². The minimum absolute atomic E-state index is 0.0839. The molecule has 6 nitrogen and oxygen atoms in total. The number of benzene rings is 2. The maximum absolute atomic E-state index is 13.1. The molecule has 1 unspecified atom stereocenters. The minimum atomic E-state index is -0.911. The van der Waals surface area contributed by atoms with E-state index in [1.165, 1.54) is 18.1 Å². The van der Waals surface area contributed by atoms with Gasteiger partial charge in [-0.05, 0) is 49.4 Å². The van der Waals surface area contributed by atoms with Crippen LogP contribution in [0, 0.1) is 6.92 Å². The zero-order valence-electron chi connectivity index (χ0n) is 16.9. The van der Waals surface area contributed by atoms with Crippen molar-refractivity contribution in [2.24, 2.45) is 0 Å². The van der Waals surface area contributed by atoms with Crippen LogP contribution < -0.4 is 9.64 Å². The monoisotopic (exact) mass is 434 g/mol. The summed E-state index contributed by atoms with van der Waals surface area (Å²) in [4.78, 5) is 31.9. The van der Waals surface area contributed by atoms with Crippen molar-refractivity contribution in [1.29, 1.82) is 0 Å². The van der Waals surface area contributed by atoms with Crippen LogP contribution in [0.25, 0.3) is 5.76 Å². The number of aryl methyl sites for hydroxylation is 1. The molecule has 1 aromatic heterocycles. The molecule has 1 aliphatic rings. The number of carbonyl (C=O) groups excluding carboxylic acids is 2. The van der Waals surface area contributed by atoms with E-state index in [0.29, 0.717) is 17.1 Å². The summed E-state index contributed by atoms with van der Waals surface area (Å²) in [6.45, 7) is 1.93. The molecule has 7 heteroatoms. The minimum Gasteiger partial charge on any atom is -0.507 e. The van der Waals surface area contributed by atoms with Crippen molar-refractivity contribution in [3.8, 4) is 5.75 Å². The van der Waals surface area contributed by atoms with E-state index in [1.807, 2.05) is 19.1 Å². The second-order valence-electron chi connectivity index (χ2n) is 7.11. The Morgan fingerprint density at radius 3 is 2.48 bits per heavy atom. The van der Waals surface area contributed by atoms with Crippen LogP contribution in [0.15, 0.2) is 72.4 Å². The zero-order valence-corrected chi connectivity index (χ0v) is 17.6. The van der Waals surface area contributed by atoms with Gasteiger partial charge >= 0.3 is 0 Å². The van der Waals surface area contributed by atoms with Crippen molar-refractivity contribution in [3.63, 3.8) is 0 Å². The first-order valence-electron chi connectivity index (χ1n) is 9.55. The average molecular weight is 435 g/mol. The molecule has 0 radical (unpaired) electrons. The van der Waals surface area contributed by atoms with Gasteiger partial charge in [0.1, 0.15) is 17.6 Å². The van der Waals surface area contributed by atoms with Gasteiger partial charge in [0.15, 0.2) is 0 Å². The molecule has 0 bridgehead atoms. The number of amides is 1. The first kappa shape index (κ1) is 20.6. The zero-order chi connectivity index (χ0) is 22.1. The third-order valence-electron chi connectivity index (χ3n) is 5.15. The second kappa shape index (κ2) is 8.24. The van der Waals surface area contributed by atoms with Gasteiger partial charge in [-0.15, -0.1) is 0 Å². The Kier molecular flexibility index (Phi) is 5.48. The fraction of sp³-hybridized carbons (Fsp3) is 0.125. The number of pyridine rings is 1. The number of aliphatic hydroxyl groups excluding tert-OH is 1. The molecule has 1 atom stereocenters. The topological polar surface area (TPSA) is 79.7 Å². The number of methoxy groups -OCH3 is 1. The van der Waals surface area contributed by atoms with Crippen LogP contribution in [-0.4, -0.2) is 28.9 Å². The van der Waals surface area contributed by atoms with E-state index in [9.17, 15) is 14.7 Å². The van der Waals surface area contributed by atoms with Gasteiger partial charge < -0.3 is 9.84 Å². The van der Waals surface area contributed by atoms with Crippen molar-refractivity contribution >= 4 is 34.7 Å². The molecule has 1 N–H and O–H groups in total. The van der Waals surface area contributed by atoms with Crippen molar-refractivity contribution < 1.29 is 19.4 Å². The number of ether oxygens (including phenoxy) is 1. The lowest BCUT2D eigenvalue weighted by Gasteiger charge is -2.24. The number of carbonyl (C=O) groups is 2. The van der Waals surface area contributed by atoms with Crippen LogP contribution in [-0.2, 0) is 9.59 Å². The molecule has 1 aliphatic heterocycles. The van der Waals surface area contributed by atoms with Crippen molar-refractivity contribution in [2.75, 3.05) is 12.0 Å². The molecule has 2 heterocycles. The van der Waals surface area contributed by atoms with Crippen molar-refractivity contribution in [3.05, 3.63) is 94.3 Å². The van der Waals surface area contributed by atoms with Gasteiger partial charge in [0.25, 0.3) is 11.7 Å². The van der Waals surface area contributed by atoms with Crippen LogP contribution in [0.4, 0.5) is 5.69 Å². The van der Waals surface area contributed by atoms with Gasteiger partial charge in [-0.3, -0.25) is 19.5 Å². The quantitative estimate of drug-likeness (QED) is 0.366. The lowest BCUT2D eigenvalue weighted by molar-refractivity contribution is -0.132. The number of halogens is 1. The molecule has 4 rings (SSSR count). The summed E-state index contributed by atoms with van der Waals surface area (Å²) in [6.07, 6.45) is 1.57. The summed E-state index contributed by atoms with van der Waals surface area (Å²) in [7, 11) is 1.48. The van der Waals surface area contributed by atoms with Gasteiger partial charge in [-0.1, -0.05) is 35.4 Å².